The van der Waals surface area contributed by atoms with E-state index in [-0.39, 0.29) is 5.91 Å². The number of hydrogen-bond acceptors (Lipinski definition) is 4. The standard InChI is InChI=1S/C20H24N4OS/c1-14(2)11-18-23-15(3)19(26-18)20(25)21-12-16-5-7-17(8-6-16)13-24-10-4-9-22-24/h4-10,14H,11-13H2,1-3H3,(H,21,25). The molecule has 1 aromatic carbocycles. The molecule has 0 aliphatic carbocycles. The summed E-state index contributed by atoms with van der Waals surface area (Å²) in [6.45, 7) is 7.48. The van der Waals surface area contributed by atoms with Gasteiger partial charge in [-0.05, 0) is 30.0 Å². The van der Waals surface area contributed by atoms with Gasteiger partial charge in [0.05, 0.1) is 17.2 Å². The molecule has 2 heterocycles. The fraction of sp³-hybridized carbons (Fsp3) is 0.350. The minimum atomic E-state index is -0.0457. The van der Waals surface area contributed by atoms with Gasteiger partial charge in [-0.3, -0.25) is 9.48 Å². The summed E-state index contributed by atoms with van der Waals surface area (Å²) >= 11 is 1.50. The van der Waals surface area contributed by atoms with E-state index in [9.17, 15) is 4.79 Å². The van der Waals surface area contributed by atoms with Gasteiger partial charge in [-0.2, -0.15) is 5.10 Å². The van der Waals surface area contributed by atoms with Crippen LogP contribution in [0.2, 0.25) is 0 Å². The van der Waals surface area contributed by atoms with Crippen LogP contribution in [-0.2, 0) is 19.5 Å². The number of carbonyl (C=O) groups is 1. The molecule has 0 saturated carbocycles. The number of aryl methyl sites for hydroxylation is 1. The molecule has 26 heavy (non-hydrogen) atoms. The van der Waals surface area contributed by atoms with E-state index in [4.69, 9.17) is 0 Å². The maximum Gasteiger partial charge on any atom is 0.263 e. The number of benzene rings is 1. The molecule has 0 unspecified atom stereocenters. The van der Waals surface area contributed by atoms with Crippen molar-refractivity contribution in [2.45, 2.75) is 40.3 Å². The first kappa shape index (κ1) is 18.3. The minimum Gasteiger partial charge on any atom is -0.347 e. The lowest BCUT2D eigenvalue weighted by Gasteiger charge is -2.06. The topological polar surface area (TPSA) is 59.8 Å². The highest BCUT2D eigenvalue weighted by molar-refractivity contribution is 7.13. The van der Waals surface area contributed by atoms with E-state index in [2.05, 4.69) is 41.4 Å². The smallest absolute Gasteiger partial charge is 0.263 e. The van der Waals surface area contributed by atoms with Gasteiger partial charge in [0.25, 0.3) is 5.91 Å². The number of nitrogens with zero attached hydrogens (tertiary/aromatic N) is 3. The molecular formula is C20H24N4OS. The summed E-state index contributed by atoms with van der Waals surface area (Å²) in [6, 6.07) is 10.1. The Morgan fingerprint density at radius 1 is 1.23 bits per heavy atom. The molecule has 0 aliphatic rings. The van der Waals surface area contributed by atoms with Gasteiger partial charge in [0, 0.05) is 25.4 Å². The molecule has 0 radical (unpaired) electrons. The normalized spacial score (nSPS) is 11.1. The van der Waals surface area contributed by atoms with Crippen LogP contribution in [0.3, 0.4) is 0 Å². The van der Waals surface area contributed by atoms with Gasteiger partial charge in [-0.1, -0.05) is 38.1 Å². The molecule has 6 heteroatoms. The van der Waals surface area contributed by atoms with Crippen molar-refractivity contribution in [2.24, 2.45) is 5.92 Å². The molecule has 136 valence electrons. The van der Waals surface area contributed by atoms with E-state index in [1.165, 1.54) is 16.9 Å². The molecule has 0 bridgehead atoms. The van der Waals surface area contributed by atoms with Crippen molar-refractivity contribution in [3.8, 4) is 0 Å². The summed E-state index contributed by atoms with van der Waals surface area (Å²) in [6.07, 6.45) is 4.63. The fourth-order valence-corrected chi connectivity index (χ4v) is 3.90. The molecule has 0 aliphatic heterocycles. The number of aromatic nitrogens is 3. The van der Waals surface area contributed by atoms with Crippen LogP contribution in [-0.4, -0.2) is 20.7 Å². The van der Waals surface area contributed by atoms with Crippen LogP contribution in [0.4, 0.5) is 0 Å². The first-order valence-corrected chi connectivity index (χ1v) is 9.62. The molecule has 3 aromatic rings. The molecule has 3 rings (SSSR count). The van der Waals surface area contributed by atoms with Gasteiger partial charge in [-0.15, -0.1) is 11.3 Å². The van der Waals surface area contributed by atoms with Crippen LogP contribution >= 0.6 is 11.3 Å². The lowest BCUT2D eigenvalue weighted by Crippen LogP contribution is -2.22. The van der Waals surface area contributed by atoms with E-state index in [1.807, 2.05) is 36.0 Å². The zero-order chi connectivity index (χ0) is 18.5. The Bertz CT molecular complexity index is 851. The third-order valence-electron chi connectivity index (χ3n) is 4.01. The molecule has 0 spiro atoms. The van der Waals surface area contributed by atoms with Gasteiger partial charge >= 0.3 is 0 Å². The lowest BCUT2D eigenvalue weighted by atomic mass is 10.1. The van der Waals surface area contributed by atoms with E-state index in [0.717, 1.165) is 34.1 Å². The lowest BCUT2D eigenvalue weighted by molar-refractivity contribution is 0.0954. The van der Waals surface area contributed by atoms with Crippen molar-refractivity contribution in [1.29, 1.82) is 0 Å². The third-order valence-corrected chi connectivity index (χ3v) is 5.19. The van der Waals surface area contributed by atoms with Crippen LogP contribution in [0.1, 0.15) is 45.3 Å². The second kappa shape index (κ2) is 8.27. The second-order valence-electron chi connectivity index (χ2n) is 6.82. The second-order valence-corrected chi connectivity index (χ2v) is 7.91. The number of hydrogen-bond donors (Lipinski definition) is 1. The molecule has 1 N–H and O–H groups in total. The molecule has 1 amide bonds. The average molecular weight is 369 g/mol. The highest BCUT2D eigenvalue weighted by atomic mass is 32.1. The zero-order valence-corrected chi connectivity index (χ0v) is 16.2. The van der Waals surface area contributed by atoms with E-state index >= 15 is 0 Å². The van der Waals surface area contributed by atoms with Crippen molar-refractivity contribution < 1.29 is 4.79 Å². The van der Waals surface area contributed by atoms with Crippen LogP contribution in [0.25, 0.3) is 0 Å². The van der Waals surface area contributed by atoms with E-state index in [0.29, 0.717) is 12.5 Å². The van der Waals surface area contributed by atoms with Crippen LogP contribution in [0.5, 0.6) is 0 Å². The third kappa shape index (κ3) is 4.79. The number of carbonyl (C=O) groups excluding carboxylic acids is 1. The first-order valence-electron chi connectivity index (χ1n) is 8.81. The molecule has 0 fully saturated rings. The van der Waals surface area contributed by atoms with Gasteiger partial charge in [-0.25, -0.2) is 4.98 Å². The number of thiazole rings is 1. The largest absolute Gasteiger partial charge is 0.347 e. The van der Waals surface area contributed by atoms with Gasteiger partial charge < -0.3 is 5.32 Å². The minimum absolute atomic E-state index is 0.0457. The maximum absolute atomic E-state index is 12.5. The molecular weight excluding hydrogens is 344 g/mol. The van der Waals surface area contributed by atoms with Crippen molar-refractivity contribution in [1.82, 2.24) is 20.1 Å². The summed E-state index contributed by atoms with van der Waals surface area (Å²) in [4.78, 5) is 17.7. The highest BCUT2D eigenvalue weighted by Gasteiger charge is 2.15. The SMILES string of the molecule is Cc1nc(CC(C)C)sc1C(=O)NCc1ccc(Cn2cccn2)cc1. The summed E-state index contributed by atoms with van der Waals surface area (Å²) in [7, 11) is 0. The van der Waals surface area contributed by atoms with Crippen molar-refractivity contribution in [3.05, 3.63) is 69.4 Å². The number of amides is 1. The van der Waals surface area contributed by atoms with Crippen molar-refractivity contribution >= 4 is 17.2 Å². The maximum atomic E-state index is 12.5. The summed E-state index contributed by atoms with van der Waals surface area (Å²) in [5.41, 5.74) is 3.07. The van der Waals surface area contributed by atoms with E-state index in [1.54, 1.807) is 6.20 Å². The molecule has 5 nitrogen and oxygen atoms in total. The Balaban J connectivity index is 1.56. The van der Waals surface area contributed by atoms with Gasteiger partial charge in [0.15, 0.2) is 0 Å². The van der Waals surface area contributed by atoms with Gasteiger partial charge in [0.2, 0.25) is 0 Å². The average Bonchev–Trinajstić information content (AvgIpc) is 3.23. The van der Waals surface area contributed by atoms with E-state index < -0.39 is 0 Å². The van der Waals surface area contributed by atoms with Crippen molar-refractivity contribution in [3.63, 3.8) is 0 Å². The Morgan fingerprint density at radius 2 is 1.96 bits per heavy atom. The van der Waals surface area contributed by atoms with Gasteiger partial charge in [0.1, 0.15) is 4.88 Å². The number of rotatable bonds is 7. The summed E-state index contributed by atoms with van der Waals surface area (Å²) in [5.74, 6) is 0.493. The first-order chi connectivity index (χ1) is 12.5. The van der Waals surface area contributed by atoms with Crippen LogP contribution < -0.4 is 5.32 Å². The predicted octanol–water partition coefficient (Wildman–Crippen LogP) is 3.82. The Hall–Kier alpha value is -2.47. The quantitative estimate of drug-likeness (QED) is 0.689. The Labute approximate surface area is 158 Å². The molecule has 2 aromatic heterocycles. The van der Waals surface area contributed by atoms with Crippen molar-refractivity contribution in [2.75, 3.05) is 0 Å². The number of nitrogens with one attached hydrogen (secondary N) is 1. The molecule has 0 atom stereocenters. The monoisotopic (exact) mass is 368 g/mol. The summed E-state index contributed by atoms with van der Waals surface area (Å²) < 4.78 is 1.89. The van der Waals surface area contributed by atoms with Crippen LogP contribution in [0.15, 0.2) is 42.7 Å². The molecule has 0 saturated heterocycles. The fourth-order valence-electron chi connectivity index (χ4n) is 2.71. The van der Waals surface area contributed by atoms with Crippen LogP contribution in [0, 0.1) is 12.8 Å². The Kier molecular flexibility index (Phi) is 5.83. The zero-order valence-electron chi connectivity index (χ0n) is 15.4. The summed E-state index contributed by atoms with van der Waals surface area (Å²) in [5, 5.41) is 8.24. The Morgan fingerprint density at radius 3 is 2.62 bits per heavy atom. The highest BCUT2D eigenvalue weighted by Crippen LogP contribution is 2.20. The predicted molar refractivity (Wildman–Crippen MR) is 104 cm³/mol.